The zero-order valence-electron chi connectivity index (χ0n) is 13.5. The van der Waals surface area contributed by atoms with Crippen molar-refractivity contribution in [2.24, 2.45) is 0 Å². The number of aromatic carboxylic acids is 1. The number of carbonyl (C=O) groups excluding carboxylic acids is 1. The maximum Gasteiger partial charge on any atom is 0.420 e. The fourth-order valence-corrected chi connectivity index (χ4v) is 1.98. The van der Waals surface area contributed by atoms with E-state index in [9.17, 15) is 19.1 Å². The number of benzene rings is 1. The van der Waals surface area contributed by atoms with E-state index in [1.54, 1.807) is 20.8 Å². The van der Waals surface area contributed by atoms with Crippen molar-refractivity contribution in [1.29, 1.82) is 0 Å². The van der Waals surface area contributed by atoms with Crippen molar-refractivity contribution in [3.63, 3.8) is 0 Å². The number of hydrogen-bond donors (Lipinski definition) is 1. The van der Waals surface area contributed by atoms with Crippen LogP contribution in [-0.2, 0) is 4.74 Å². The second-order valence-electron chi connectivity index (χ2n) is 5.95. The van der Waals surface area contributed by atoms with Crippen molar-refractivity contribution in [2.75, 3.05) is 4.90 Å². The lowest BCUT2D eigenvalue weighted by molar-refractivity contribution is 0.0597. The molecule has 1 amide bonds. The van der Waals surface area contributed by atoms with E-state index in [1.807, 2.05) is 0 Å². The quantitative estimate of drug-likeness (QED) is 0.919. The van der Waals surface area contributed by atoms with Gasteiger partial charge in [0.25, 0.3) is 0 Å². The van der Waals surface area contributed by atoms with Gasteiger partial charge in [0.1, 0.15) is 17.0 Å². The van der Waals surface area contributed by atoms with Crippen molar-refractivity contribution < 1.29 is 23.8 Å². The number of carboxylic acids is 1. The Morgan fingerprint density at radius 3 is 2.42 bits per heavy atom. The minimum Gasteiger partial charge on any atom is -0.478 e. The first-order chi connectivity index (χ1) is 11.2. The number of carbonyl (C=O) groups is 2. The maximum absolute atomic E-state index is 14.2. The number of carboxylic acid groups (broad SMARTS) is 1. The molecular formula is C17H17FN2O4. The predicted molar refractivity (Wildman–Crippen MR) is 86.0 cm³/mol. The molecular weight excluding hydrogens is 315 g/mol. The highest BCUT2D eigenvalue weighted by Gasteiger charge is 2.30. The maximum atomic E-state index is 14.2. The van der Waals surface area contributed by atoms with E-state index in [-0.39, 0.29) is 17.1 Å². The number of aromatic nitrogens is 1. The van der Waals surface area contributed by atoms with Gasteiger partial charge in [0.2, 0.25) is 0 Å². The van der Waals surface area contributed by atoms with Gasteiger partial charge in [-0.2, -0.15) is 0 Å². The van der Waals surface area contributed by atoms with Gasteiger partial charge < -0.3 is 9.84 Å². The van der Waals surface area contributed by atoms with Crippen molar-refractivity contribution in [3.05, 3.63) is 54.0 Å². The molecule has 1 N–H and O–H groups in total. The van der Waals surface area contributed by atoms with Crippen LogP contribution < -0.4 is 4.90 Å². The monoisotopic (exact) mass is 332 g/mol. The molecule has 126 valence electrons. The largest absolute Gasteiger partial charge is 0.478 e. The molecule has 1 aromatic heterocycles. The number of amides is 1. The summed E-state index contributed by atoms with van der Waals surface area (Å²) in [7, 11) is 0. The van der Waals surface area contributed by atoms with Gasteiger partial charge in [-0.1, -0.05) is 12.1 Å². The molecule has 6 nitrogen and oxygen atoms in total. The summed E-state index contributed by atoms with van der Waals surface area (Å²) in [5, 5.41) is 9.33. The van der Waals surface area contributed by atoms with Crippen LogP contribution in [0.15, 0.2) is 42.6 Å². The Bertz CT molecular complexity index is 771. The molecule has 0 saturated heterocycles. The van der Waals surface area contributed by atoms with Crippen molar-refractivity contribution in [1.82, 2.24) is 4.98 Å². The van der Waals surface area contributed by atoms with Crippen molar-refractivity contribution in [2.45, 2.75) is 26.4 Å². The summed E-state index contributed by atoms with van der Waals surface area (Å²) in [5.74, 6) is -2.21. The first-order valence-electron chi connectivity index (χ1n) is 7.16. The van der Waals surface area contributed by atoms with Gasteiger partial charge >= 0.3 is 12.1 Å². The van der Waals surface area contributed by atoms with Crippen LogP contribution in [0.5, 0.6) is 0 Å². The Morgan fingerprint density at radius 2 is 1.83 bits per heavy atom. The van der Waals surface area contributed by atoms with Gasteiger partial charge in [-0.3, -0.25) is 0 Å². The molecule has 2 aromatic rings. The van der Waals surface area contributed by atoms with Crippen LogP contribution in [0.4, 0.5) is 20.7 Å². The van der Waals surface area contributed by atoms with Crippen LogP contribution in [0.1, 0.15) is 31.1 Å². The number of nitrogens with zero attached hydrogens (tertiary/aromatic N) is 2. The fraction of sp³-hybridized carbons (Fsp3) is 0.235. The zero-order chi connectivity index (χ0) is 17.9. The first-order valence-corrected chi connectivity index (χ1v) is 7.16. The van der Waals surface area contributed by atoms with Crippen LogP contribution in [0.25, 0.3) is 0 Å². The Kier molecular flexibility index (Phi) is 4.82. The highest BCUT2D eigenvalue weighted by molar-refractivity contribution is 6.02. The summed E-state index contributed by atoms with van der Waals surface area (Å²) in [5.41, 5.74) is -1.24. The second-order valence-corrected chi connectivity index (χ2v) is 5.95. The van der Waals surface area contributed by atoms with Crippen LogP contribution in [-0.4, -0.2) is 27.8 Å². The van der Waals surface area contributed by atoms with Crippen molar-refractivity contribution in [3.8, 4) is 0 Å². The molecule has 0 saturated carbocycles. The molecule has 1 heterocycles. The smallest absolute Gasteiger partial charge is 0.420 e. The van der Waals surface area contributed by atoms with Crippen molar-refractivity contribution >= 4 is 23.6 Å². The van der Waals surface area contributed by atoms with E-state index in [2.05, 4.69) is 4.98 Å². The lowest BCUT2D eigenvalue weighted by Crippen LogP contribution is -2.35. The predicted octanol–water partition coefficient (Wildman–Crippen LogP) is 3.99. The average Bonchev–Trinajstić information content (AvgIpc) is 2.48. The van der Waals surface area contributed by atoms with Gasteiger partial charge in [0, 0.05) is 6.20 Å². The number of rotatable bonds is 3. The van der Waals surface area contributed by atoms with Gasteiger partial charge in [-0.05, 0) is 45.0 Å². The average molecular weight is 332 g/mol. The van der Waals surface area contributed by atoms with E-state index in [0.717, 1.165) is 11.0 Å². The van der Waals surface area contributed by atoms with E-state index >= 15 is 0 Å². The van der Waals surface area contributed by atoms with Gasteiger partial charge in [0.05, 0.1) is 5.69 Å². The molecule has 0 bridgehead atoms. The van der Waals surface area contributed by atoms with E-state index < -0.39 is 23.5 Å². The number of hydrogen-bond acceptors (Lipinski definition) is 4. The summed E-state index contributed by atoms with van der Waals surface area (Å²) in [6.07, 6.45) is 0.397. The highest BCUT2D eigenvalue weighted by Crippen LogP contribution is 2.30. The summed E-state index contributed by atoms with van der Waals surface area (Å²) in [6.45, 7) is 4.96. The molecule has 0 aliphatic carbocycles. The molecule has 0 unspecified atom stereocenters. The normalized spacial score (nSPS) is 11.0. The summed E-state index contributed by atoms with van der Waals surface area (Å²) < 4.78 is 19.5. The van der Waals surface area contributed by atoms with Crippen LogP contribution in [0, 0.1) is 5.82 Å². The Labute approximate surface area is 138 Å². The number of para-hydroxylation sites is 1. The highest BCUT2D eigenvalue weighted by atomic mass is 19.1. The van der Waals surface area contributed by atoms with Crippen LogP contribution >= 0.6 is 0 Å². The summed E-state index contributed by atoms with van der Waals surface area (Å²) in [4.78, 5) is 28.8. The standard InChI is InChI=1S/C17H17FN2O4/c1-17(2,3)24-16(23)20(13-9-5-4-8-12(13)18)14-11(15(21)22)7-6-10-19-14/h4-10H,1-3H3,(H,21,22). The molecule has 0 aliphatic rings. The van der Waals surface area contributed by atoms with E-state index in [4.69, 9.17) is 4.74 Å². The van der Waals surface area contributed by atoms with Crippen LogP contribution in [0.2, 0.25) is 0 Å². The third-order valence-electron chi connectivity index (χ3n) is 2.90. The Morgan fingerprint density at radius 1 is 1.17 bits per heavy atom. The fourth-order valence-electron chi connectivity index (χ4n) is 1.98. The zero-order valence-corrected chi connectivity index (χ0v) is 13.5. The molecule has 7 heteroatoms. The first kappa shape index (κ1) is 17.4. The molecule has 0 atom stereocenters. The van der Waals surface area contributed by atoms with Gasteiger partial charge in [0.15, 0.2) is 5.82 Å². The molecule has 0 radical (unpaired) electrons. The lowest BCUT2D eigenvalue weighted by atomic mass is 10.2. The molecule has 1 aromatic carbocycles. The number of pyridine rings is 1. The molecule has 0 fully saturated rings. The number of ether oxygens (including phenoxy) is 1. The molecule has 24 heavy (non-hydrogen) atoms. The summed E-state index contributed by atoms with van der Waals surface area (Å²) >= 11 is 0. The van der Waals surface area contributed by atoms with Gasteiger partial charge in [-0.25, -0.2) is 23.9 Å². The van der Waals surface area contributed by atoms with E-state index in [0.29, 0.717) is 0 Å². The molecule has 0 aliphatic heterocycles. The SMILES string of the molecule is CC(C)(C)OC(=O)N(c1ccccc1F)c1ncccc1C(=O)O. The minimum absolute atomic E-state index is 0.145. The van der Waals surface area contributed by atoms with E-state index in [1.165, 1.54) is 36.5 Å². The lowest BCUT2D eigenvalue weighted by Gasteiger charge is -2.27. The third kappa shape index (κ3) is 3.87. The third-order valence-corrected chi connectivity index (χ3v) is 2.90. The topological polar surface area (TPSA) is 79.7 Å². The summed E-state index contributed by atoms with van der Waals surface area (Å²) in [6, 6.07) is 8.20. The molecule has 0 spiro atoms. The Balaban J connectivity index is 2.63. The number of anilines is 2. The molecule has 2 rings (SSSR count). The van der Waals surface area contributed by atoms with Gasteiger partial charge in [-0.15, -0.1) is 0 Å². The van der Waals surface area contributed by atoms with Crippen LogP contribution in [0.3, 0.4) is 0 Å². The number of halogens is 1. The second kappa shape index (κ2) is 6.66. The Hall–Kier alpha value is -2.96. The minimum atomic E-state index is -1.29.